The second kappa shape index (κ2) is 10.7. The first kappa shape index (κ1) is 19.1. The third kappa shape index (κ3) is 7.71. The summed E-state index contributed by atoms with van der Waals surface area (Å²) in [6.45, 7) is 3.47. The third-order valence-electron chi connectivity index (χ3n) is 2.75. The number of carboxylic acids is 1. The Hall–Kier alpha value is -1.99. The molecule has 0 heterocycles. The van der Waals surface area contributed by atoms with E-state index in [2.05, 4.69) is 10.6 Å². The maximum absolute atomic E-state index is 11.8. The number of benzene rings is 1. The van der Waals surface area contributed by atoms with E-state index in [9.17, 15) is 9.59 Å². The number of carbonyl (C=O) groups is 2. The van der Waals surface area contributed by atoms with Crippen molar-refractivity contribution in [2.45, 2.75) is 19.8 Å². The maximum Gasteiger partial charge on any atom is 0.319 e. The molecule has 0 unspecified atom stereocenters. The topological polar surface area (TPSA) is 96.9 Å². The van der Waals surface area contributed by atoms with E-state index in [-0.39, 0.29) is 13.0 Å². The van der Waals surface area contributed by atoms with Crippen molar-refractivity contribution in [2.24, 2.45) is 0 Å². The molecule has 3 N–H and O–H groups in total. The van der Waals surface area contributed by atoms with Crippen molar-refractivity contribution in [3.8, 4) is 5.75 Å². The van der Waals surface area contributed by atoms with Gasteiger partial charge in [0, 0.05) is 19.6 Å². The highest BCUT2D eigenvalue weighted by Gasteiger charge is 2.11. The molecule has 1 rings (SSSR count). The number of carbonyl (C=O) groups excluding carboxylic acids is 1. The van der Waals surface area contributed by atoms with E-state index >= 15 is 0 Å². The molecule has 23 heavy (non-hydrogen) atoms. The van der Waals surface area contributed by atoms with Crippen LogP contribution in [0.3, 0.4) is 0 Å². The van der Waals surface area contributed by atoms with Gasteiger partial charge in [0.05, 0.1) is 17.3 Å². The fourth-order valence-electron chi connectivity index (χ4n) is 1.71. The zero-order chi connectivity index (χ0) is 17.1. The molecule has 1 aromatic carbocycles. The van der Waals surface area contributed by atoms with Crippen LogP contribution in [0.4, 0.5) is 10.5 Å². The summed E-state index contributed by atoms with van der Waals surface area (Å²) in [5, 5.41) is 14.1. The molecule has 0 radical (unpaired) electrons. The summed E-state index contributed by atoms with van der Waals surface area (Å²) in [5.74, 6) is -0.526. The van der Waals surface area contributed by atoms with Crippen molar-refractivity contribution >= 4 is 29.3 Å². The van der Waals surface area contributed by atoms with Crippen LogP contribution in [0.1, 0.15) is 19.8 Å². The van der Waals surface area contributed by atoms with E-state index in [1.807, 2.05) is 6.92 Å². The largest absolute Gasteiger partial charge is 0.487 e. The number of ether oxygens (including phenoxy) is 2. The SMILES string of the molecule is CCOCCOc1c(Cl)cccc1NC(=O)NCCCC(=O)O. The number of urea groups is 1. The van der Waals surface area contributed by atoms with Crippen molar-refractivity contribution in [1.82, 2.24) is 5.32 Å². The van der Waals surface area contributed by atoms with Crippen LogP contribution in [0.2, 0.25) is 5.02 Å². The molecule has 0 aromatic heterocycles. The Labute approximate surface area is 139 Å². The monoisotopic (exact) mass is 344 g/mol. The molecular formula is C15H21ClN2O5. The zero-order valence-electron chi connectivity index (χ0n) is 12.9. The van der Waals surface area contributed by atoms with Crippen molar-refractivity contribution in [3.05, 3.63) is 23.2 Å². The first-order valence-electron chi connectivity index (χ1n) is 7.30. The van der Waals surface area contributed by atoms with Gasteiger partial charge in [-0.1, -0.05) is 17.7 Å². The van der Waals surface area contributed by atoms with Gasteiger partial charge in [0.15, 0.2) is 5.75 Å². The maximum atomic E-state index is 11.8. The van der Waals surface area contributed by atoms with Gasteiger partial charge in [0.25, 0.3) is 0 Å². The number of hydrogen-bond donors (Lipinski definition) is 3. The molecule has 0 aliphatic carbocycles. The van der Waals surface area contributed by atoms with Gasteiger partial charge in [-0.2, -0.15) is 0 Å². The first-order chi connectivity index (χ1) is 11.0. The van der Waals surface area contributed by atoms with Gasteiger partial charge in [-0.15, -0.1) is 0 Å². The predicted molar refractivity (Wildman–Crippen MR) is 87.3 cm³/mol. The number of para-hydroxylation sites is 1. The highest BCUT2D eigenvalue weighted by molar-refractivity contribution is 6.32. The molecule has 0 atom stereocenters. The zero-order valence-corrected chi connectivity index (χ0v) is 13.7. The molecule has 2 amide bonds. The van der Waals surface area contributed by atoms with Crippen molar-refractivity contribution < 1.29 is 24.2 Å². The summed E-state index contributed by atoms with van der Waals surface area (Å²) in [7, 11) is 0. The first-order valence-corrected chi connectivity index (χ1v) is 7.68. The second-order valence-corrected chi connectivity index (χ2v) is 4.95. The minimum Gasteiger partial charge on any atom is -0.487 e. The summed E-state index contributed by atoms with van der Waals surface area (Å²) < 4.78 is 10.7. The van der Waals surface area contributed by atoms with Crippen molar-refractivity contribution in [2.75, 3.05) is 31.7 Å². The van der Waals surface area contributed by atoms with Gasteiger partial charge >= 0.3 is 12.0 Å². The number of aliphatic carboxylic acids is 1. The third-order valence-corrected chi connectivity index (χ3v) is 3.04. The second-order valence-electron chi connectivity index (χ2n) is 4.54. The van der Waals surface area contributed by atoms with Crippen molar-refractivity contribution in [3.63, 3.8) is 0 Å². The van der Waals surface area contributed by atoms with E-state index in [4.69, 9.17) is 26.2 Å². The Morgan fingerprint density at radius 3 is 2.78 bits per heavy atom. The molecule has 8 heteroatoms. The fraction of sp³-hybridized carbons (Fsp3) is 0.467. The highest BCUT2D eigenvalue weighted by atomic mass is 35.5. The number of halogens is 1. The Balaban J connectivity index is 2.52. The van der Waals surface area contributed by atoms with Crippen molar-refractivity contribution in [1.29, 1.82) is 0 Å². The molecule has 128 valence electrons. The molecule has 7 nitrogen and oxygen atoms in total. The molecule has 0 spiro atoms. The van der Waals surface area contributed by atoms with E-state index in [0.29, 0.717) is 42.7 Å². The quantitative estimate of drug-likeness (QED) is 0.567. The number of anilines is 1. The minimum atomic E-state index is -0.896. The van der Waals surface area contributed by atoms with E-state index < -0.39 is 12.0 Å². The number of amides is 2. The minimum absolute atomic E-state index is 0.00321. The van der Waals surface area contributed by atoms with Crippen LogP contribution in [0.15, 0.2) is 18.2 Å². The Bertz CT molecular complexity index is 525. The smallest absolute Gasteiger partial charge is 0.319 e. The van der Waals surface area contributed by atoms with Gasteiger partial charge in [-0.3, -0.25) is 4.79 Å². The van der Waals surface area contributed by atoms with Crippen LogP contribution < -0.4 is 15.4 Å². The number of rotatable bonds is 10. The van der Waals surface area contributed by atoms with Gasteiger partial charge < -0.3 is 25.2 Å². The van der Waals surface area contributed by atoms with Crippen LogP contribution in [-0.2, 0) is 9.53 Å². The van der Waals surface area contributed by atoms with Crippen LogP contribution in [0, 0.1) is 0 Å². The number of hydrogen-bond acceptors (Lipinski definition) is 4. The number of carboxylic acid groups (broad SMARTS) is 1. The van der Waals surface area contributed by atoms with E-state index in [0.717, 1.165) is 0 Å². The van der Waals surface area contributed by atoms with Crippen LogP contribution >= 0.6 is 11.6 Å². The molecule has 0 fully saturated rings. The molecule has 0 bridgehead atoms. The Morgan fingerprint density at radius 1 is 1.30 bits per heavy atom. The molecule has 0 aliphatic heterocycles. The lowest BCUT2D eigenvalue weighted by Gasteiger charge is -2.14. The van der Waals surface area contributed by atoms with Gasteiger partial charge in [-0.25, -0.2) is 4.79 Å². The molecule has 0 saturated heterocycles. The van der Waals surface area contributed by atoms with E-state index in [1.54, 1.807) is 18.2 Å². The lowest BCUT2D eigenvalue weighted by molar-refractivity contribution is -0.137. The van der Waals surface area contributed by atoms with Crippen LogP contribution in [0.5, 0.6) is 5.75 Å². The summed E-state index contributed by atoms with van der Waals surface area (Å²) in [5.41, 5.74) is 0.435. The number of nitrogens with one attached hydrogen (secondary N) is 2. The summed E-state index contributed by atoms with van der Waals surface area (Å²) in [4.78, 5) is 22.2. The van der Waals surface area contributed by atoms with Gasteiger partial charge in [0.2, 0.25) is 0 Å². The fourth-order valence-corrected chi connectivity index (χ4v) is 1.94. The molecule has 0 saturated carbocycles. The predicted octanol–water partition coefficient (Wildman–Crippen LogP) is 2.74. The molecule has 0 aliphatic rings. The summed E-state index contributed by atoms with van der Waals surface area (Å²) >= 11 is 6.08. The lowest BCUT2D eigenvalue weighted by Crippen LogP contribution is -2.30. The van der Waals surface area contributed by atoms with Crippen LogP contribution in [0.25, 0.3) is 0 Å². The average molecular weight is 345 g/mol. The Kier molecular flexibility index (Phi) is 8.86. The summed E-state index contributed by atoms with van der Waals surface area (Å²) in [6, 6.07) is 4.57. The standard InChI is InChI=1S/C15H21ClN2O5/c1-2-22-9-10-23-14-11(16)5-3-6-12(14)18-15(21)17-8-4-7-13(19)20/h3,5-6H,2,4,7-10H2,1H3,(H,19,20)(H2,17,18,21). The van der Waals surface area contributed by atoms with Gasteiger partial charge in [0.1, 0.15) is 6.61 Å². The molecular weight excluding hydrogens is 324 g/mol. The summed E-state index contributed by atoms with van der Waals surface area (Å²) in [6.07, 6.45) is 0.360. The van der Waals surface area contributed by atoms with E-state index in [1.165, 1.54) is 0 Å². The van der Waals surface area contributed by atoms with Gasteiger partial charge in [-0.05, 0) is 25.5 Å². The lowest BCUT2D eigenvalue weighted by atomic mass is 10.3. The highest BCUT2D eigenvalue weighted by Crippen LogP contribution is 2.32. The van der Waals surface area contributed by atoms with Crippen LogP contribution in [-0.4, -0.2) is 43.5 Å². The average Bonchev–Trinajstić information content (AvgIpc) is 2.50. The Morgan fingerprint density at radius 2 is 2.09 bits per heavy atom. The molecule has 1 aromatic rings. The normalized spacial score (nSPS) is 10.2.